The molecule has 1 aliphatic rings. The van der Waals surface area contributed by atoms with Crippen molar-refractivity contribution in [2.45, 2.75) is 32.2 Å². The predicted octanol–water partition coefficient (Wildman–Crippen LogP) is 2.90. The fourth-order valence-electron chi connectivity index (χ4n) is 2.91. The molecular formula is C17H22F3N5O2. The van der Waals surface area contributed by atoms with Crippen LogP contribution in [0.15, 0.2) is 22.7 Å². The van der Waals surface area contributed by atoms with Crippen molar-refractivity contribution >= 4 is 5.82 Å². The second-order valence-corrected chi connectivity index (χ2v) is 6.42. The summed E-state index contributed by atoms with van der Waals surface area (Å²) in [6.45, 7) is 4.99. The molecular weight excluding hydrogens is 363 g/mol. The Kier molecular flexibility index (Phi) is 5.95. The van der Waals surface area contributed by atoms with Crippen LogP contribution >= 0.6 is 0 Å². The van der Waals surface area contributed by atoms with Crippen LogP contribution in [-0.4, -0.2) is 53.3 Å². The fraction of sp³-hybridized carbons (Fsp3) is 0.588. The third kappa shape index (κ3) is 4.95. The summed E-state index contributed by atoms with van der Waals surface area (Å²) in [6, 6.07) is 3.99. The first kappa shape index (κ1) is 19.6. The number of nitrogens with zero attached hydrogens (tertiary/aromatic N) is 5. The number of pyridine rings is 1. The number of halogens is 3. The van der Waals surface area contributed by atoms with Crippen LogP contribution in [0.1, 0.15) is 36.9 Å². The minimum atomic E-state index is -4.44. The van der Waals surface area contributed by atoms with E-state index < -0.39 is 11.9 Å². The third-order valence-electron chi connectivity index (χ3n) is 4.50. The van der Waals surface area contributed by atoms with Crippen molar-refractivity contribution in [1.82, 2.24) is 20.0 Å². The molecule has 7 nitrogen and oxygen atoms in total. The van der Waals surface area contributed by atoms with Crippen molar-refractivity contribution < 1.29 is 22.4 Å². The molecule has 3 rings (SSSR count). The molecule has 0 N–H and O–H groups in total. The molecule has 1 aliphatic heterocycles. The zero-order valence-corrected chi connectivity index (χ0v) is 15.2. The number of rotatable bonds is 5. The molecule has 1 atom stereocenters. The number of alkyl halides is 3. The standard InChI is InChI=1S/C17H22F3N5O2/c1-12(26-2)16-22-15(27-23-16)11-24-7-4-8-25(10-9-24)14-6-3-5-13(21-14)17(18,19)20/h3,5-6,12H,4,7-11H2,1-2H3. The summed E-state index contributed by atoms with van der Waals surface area (Å²) < 4.78 is 49.1. The smallest absolute Gasteiger partial charge is 0.374 e. The van der Waals surface area contributed by atoms with Crippen molar-refractivity contribution in [3.63, 3.8) is 0 Å². The molecule has 10 heteroatoms. The Labute approximate surface area is 155 Å². The van der Waals surface area contributed by atoms with Crippen LogP contribution < -0.4 is 4.90 Å². The molecule has 1 unspecified atom stereocenters. The molecule has 0 amide bonds. The molecule has 2 aromatic heterocycles. The summed E-state index contributed by atoms with van der Waals surface area (Å²) >= 11 is 0. The van der Waals surface area contributed by atoms with E-state index in [1.165, 1.54) is 6.07 Å². The second kappa shape index (κ2) is 8.22. The number of hydrogen-bond donors (Lipinski definition) is 0. The summed E-state index contributed by atoms with van der Waals surface area (Å²) in [7, 11) is 1.58. The van der Waals surface area contributed by atoms with Gasteiger partial charge >= 0.3 is 6.18 Å². The highest BCUT2D eigenvalue weighted by atomic mass is 19.4. The van der Waals surface area contributed by atoms with Crippen molar-refractivity contribution in [3.05, 3.63) is 35.6 Å². The van der Waals surface area contributed by atoms with E-state index >= 15 is 0 Å². The molecule has 1 saturated heterocycles. The summed E-state index contributed by atoms with van der Waals surface area (Å²) in [4.78, 5) is 12.1. The van der Waals surface area contributed by atoms with Crippen LogP contribution in [0.3, 0.4) is 0 Å². The predicted molar refractivity (Wildman–Crippen MR) is 91.1 cm³/mol. The van der Waals surface area contributed by atoms with Gasteiger partial charge in [0.15, 0.2) is 5.82 Å². The summed E-state index contributed by atoms with van der Waals surface area (Å²) in [6.07, 6.45) is -3.88. The number of aromatic nitrogens is 3. The minimum Gasteiger partial charge on any atom is -0.374 e. The Morgan fingerprint density at radius 1 is 1.19 bits per heavy atom. The number of methoxy groups -OCH3 is 1. The Morgan fingerprint density at radius 2 is 2.00 bits per heavy atom. The lowest BCUT2D eigenvalue weighted by Crippen LogP contribution is -2.31. The first-order valence-electron chi connectivity index (χ1n) is 8.73. The van der Waals surface area contributed by atoms with Crippen molar-refractivity contribution in [2.75, 3.05) is 38.2 Å². The Bertz CT molecular complexity index is 752. The lowest BCUT2D eigenvalue weighted by Gasteiger charge is -2.22. The molecule has 148 valence electrons. The molecule has 0 spiro atoms. The van der Waals surface area contributed by atoms with E-state index in [1.54, 1.807) is 13.2 Å². The van der Waals surface area contributed by atoms with Gasteiger partial charge in [-0.05, 0) is 25.5 Å². The summed E-state index contributed by atoms with van der Waals surface area (Å²) in [5.41, 5.74) is -0.869. The minimum absolute atomic E-state index is 0.242. The van der Waals surface area contributed by atoms with Gasteiger partial charge in [-0.3, -0.25) is 4.90 Å². The van der Waals surface area contributed by atoms with Gasteiger partial charge in [-0.25, -0.2) is 4.98 Å². The van der Waals surface area contributed by atoms with Crippen LogP contribution in [-0.2, 0) is 17.5 Å². The highest BCUT2D eigenvalue weighted by Crippen LogP contribution is 2.29. The Balaban J connectivity index is 1.61. The summed E-state index contributed by atoms with van der Waals surface area (Å²) in [5, 5.41) is 3.91. The van der Waals surface area contributed by atoms with Crippen LogP contribution in [0, 0.1) is 0 Å². The topological polar surface area (TPSA) is 67.5 Å². The van der Waals surface area contributed by atoms with Crippen LogP contribution in [0.2, 0.25) is 0 Å². The molecule has 0 bridgehead atoms. The highest BCUT2D eigenvalue weighted by Gasteiger charge is 2.33. The molecule has 2 aromatic rings. The largest absolute Gasteiger partial charge is 0.433 e. The Morgan fingerprint density at radius 3 is 2.74 bits per heavy atom. The van der Waals surface area contributed by atoms with E-state index in [1.807, 2.05) is 11.8 Å². The quantitative estimate of drug-likeness (QED) is 0.784. The first-order valence-corrected chi connectivity index (χ1v) is 8.73. The molecule has 0 aromatic carbocycles. The van der Waals surface area contributed by atoms with Crippen LogP contribution in [0.4, 0.5) is 19.0 Å². The van der Waals surface area contributed by atoms with Crippen LogP contribution in [0.5, 0.6) is 0 Å². The average molecular weight is 385 g/mol. The van der Waals surface area contributed by atoms with E-state index in [0.717, 1.165) is 19.0 Å². The van der Waals surface area contributed by atoms with Crippen LogP contribution in [0.25, 0.3) is 0 Å². The average Bonchev–Trinajstić information content (AvgIpc) is 2.98. The normalized spacial score (nSPS) is 17.7. The van der Waals surface area contributed by atoms with Gasteiger partial charge in [-0.2, -0.15) is 18.2 Å². The molecule has 27 heavy (non-hydrogen) atoms. The summed E-state index contributed by atoms with van der Waals surface area (Å²) in [5.74, 6) is 1.34. The zero-order chi connectivity index (χ0) is 19.4. The zero-order valence-electron chi connectivity index (χ0n) is 15.2. The first-order chi connectivity index (χ1) is 12.9. The van der Waals surface area contributed by atoms with Gasteiger partial charge in [0.2, 0.25) is 5.89 Å². The van der Waals surface area contributed by atoms with Crippen molar-refractivity contribution in [3.8, 4) is 0 Å². The Hall–Kier alpha value is -2.20. The third-order valence-corrected chi connectivity index (χ3v) is 4.50. The van der Waals surface area contributed by atoms with Gasteiger partial charge in [0.05, 0.1) is 6.54 Å². The van der Waals surface area contributed by atoms with Crippen molar-refractivity contribution in [1.29, 1.82) is 0 Å². The molecule has 3 heterocycles. The van der Waals surface area contributed by atoms with Gasteiger partial charge < -0.3 is 14.2 Å². The number of ether oxygens (including phenoxy) is 1. The second-order valence-electron chi connectivity index (χ2n) is 6.42. The SMILES string of the molecule is COC(C)c1noc(CN2CCCN(c3cccc(C(F)(F)F)n3)CC2)n1. The maximum absolute atomic E-state index is 12.9. The van der Waals surface area contributed by atoms with E-state index in [9.17, 15) is 13.2 Å². The van der Waals surface area contributed by atoms with Gasteiger partial charge in [0.1, 0.15) is 17.6 Å². The maximum atomic E-state index is 12.9. The van der Waals surface area contributed by atoms with Gasteiger partial charge in [-0.1, -0.05) is 11.2 Å². The van der Waals surface area contributed by atoms with Crippen molar-refractivity contribution in [2.24, 2.45) is 0 Å². The fourth-order valence-corrected chi connectivity index (χ4v) is 2.91. The molecule has 0 saturated carbocycles. The maximum Gasteiger partial charge on any atom is 0.433 e. The monoisotopic (exact) mass is 385 g/mol. The lowest BCUT2D eigenvalue weighted by molar-refractivity contribution is -0.141. The molecule has 0 radical (unpaired) electrons. The number of anilines is 1. The highest BCUT2D eigenvalue weighted by molar-refractivity contribution is 5.40. The van der Waals surface area contributed by atoms with E-state index in [0.29, 0.717) is 43.7 Å². The van der Waals surface area contributed by atoms with E-state index in [2.05, 4.69) is 20.0 Å². The lowest BCUT2D eigenvalue weighted by atomic mass is 10.3. The van der Waals surface area contributed by atoms with E-state index in [-0.39, 0.29) is 6.10 Å². The van der Waals surface area contributed by atoms with Gasteiger partial charge in [-0.15, -0.1) is 0 Å². The van der Waals surface area contributed by atoms with Gasteiger partial charge in [0, 0.05) is 33.3 Å². The molecule has 1 fully saturated rings. The van der Waals surface area contributed by atoms with Gasteiger partial charge in [0.25, 0.3) is 0 Å². The molecule has 0 aliphatic carbocycles. The number of hydrogen-bond acceptors (Lipinski definition) is 7. The van der Waals surface area contributed by atoms with E-state index in [4.69, 9.17) is 9.26 Å².